The van der Waals surface area contributed by atoms with Gasteiger partial charge in [0.25, 0.3) is 0 Å². The molecule has 0 saturated carbocycles. The van der Waals surface area contributed by atoms with E-state index in [4.69, 9.17) is 10.5 Å². The van der Waals surface area contributed by atoms with Gasteiger partial charge in [-0.2, -0.15) is 4.98 Å². The normalized spacial score (nSPS) is 18.4. The highest BCUT2D eigenvalue weighted by atomic mass is 32.1. The number of hydrogen-bond donors (Lipinski definition) is 1. The Balaban J connectivity index is 1.87. The van der Waals surface area contributed by atoms with Crippen molar-refractivity contribution in [2.75, 3.05) is 30.3 Å². The molecule has 2 aromatic rings. The van der Waals surface area contributed by atoms with Crippen molar-refractivity contribution in [2.24, 2.45) is 5.92 Å². The first-order valence-electron chi connectivity index (χ1n) is 9.25. The van der Waals surface area contributed by atoms with E-state index in [0.29, 0.717) is 25.6 Å². The Kier molecular flexibility index (Phi) is 5.41. The minimum Gasteiger partial charge on any atom is -0.444 e. The van der Waals surface area contributed by atoms with Crippen LogP contribution in [-0.4, -0.2) is 57.2 Å². The largest absolute Gasteiger partial charge is 0.444 e. The number of amides is 1. The Morgan fingerprint density at radius 2 is 2.11 bits per heavy atom. The summed E-state index contributed by atoms with van der Waals surface area (Å²) in [5, 5.41) is 0. The second-order valence-corrected chi connectivity index (χ2v) is 9.15. The Morgan fingerprint density at radius 3 is 2.78 bits per heavy atom. The molecule has 0 bridgehead atoms. The van der Waals surface area contributed by atoms with Crippen LogP contribution in [0.25, 0.3) is 10.3 Å². The van der Waals surface area contributed by atoms with E-state index in [0.717, 1.165) is 22.6 Å². The highest BCUT2D eigenvalue weighted by Crippen LogP contribution is 2.30. The van der Waals surface area contributed by atoms with Crippen LogP contribution in [-0.2, 0) is 4.74 Å². The minimum absolute atomic E-state index is 0.116. The first-order chi connectivity index (χ1) is 12.6. The predicted octanol–water partition coefficient (Wildman–Crippen LogP) is 3.14. The van der Waals surface area contributed by atoms with Crippen molar-refractivity contribution in [3.63, 3.8) is 0 Å². The summed E-state index contributed by atoms with van der Waals surface area (Å²) in [6.45, 7) is 11.8. The molecule has 3 heterocycles. The van der Waals surface area contributed by atoms with E-state index in [9.17, 15) is 4.79 Å². The molecular formula is C18H28N6O2S. The number of carbonyl (C=O) groups is 1. The lowest BCUT2D eigenvalue weighted by atomic mass is 10.00. The van der Waals surface area contributed by atoms with Gasteiger partial charge in [0.2, 0.25) is 5.95 Å². The van der Waals surface area contributed by atoms with Crippen molar-refractivity contribution in [3.05, 3.63) is 5.51 Å². The maximum atomic E-state index is 12.5. The Hall–Kier alpha value is -2.16. The number of carbonyl (C=O) groups excluding carboxylic acids is 1. The molecule has 1 aliphatic rings. The van der Waals surface area contributed by atoms with E-state index in [1.54, 1.807) is 10.4 Å². The molecule has 8 nitrogen and oxygen atoms in total. The van der Waals surface area contributed by atoms with Crippen molar-refractivity contribution in [3.8, 4) is 0 Å². The number of nitrogens with two attached hydrogens (primary N) is 1. The van der Waals surface area contributed by atoms with Gasteiger partial charge in [-0.25, -0.2) is 14.8 Å². The standard InChI is InChI=1S/C18H28N6O2S/c1-11(2)8-12-9-23(17(25)26-18(3,4)5)6-7-24(12)14-13-15(27-10-20-13)22-16(19)21-14/h10-12H,6-9H2,1-5H3,(H2,19,21,22)/t12-/m0/s1. The van der Waals surface area contributed by atoms with E-state index in [-0.39, 0.29) is 18.1 Å². The Morgan fingerprint density at radius 1 is 1.37 bits per heavy atom. The fourth-order valence-electron chi connectivity index (χ4n) is 3.34. The van der Waals surface area contributed by atoms with Gasteiger partial charge in [-0.15, -0.1) is 11.3 Å². The van der Waals surface area contributed by atoms with Crippen LogP contribution in [0.15, 0.2) is 5.51 Å². The third-order valence-electron chi connectivity index (χ3n) is 4.35. The van der Waals surface area contributed by atoms with Crippen LogP contribution in [0.1, 0.15) is 41.0 Å². The summed E-state index contributed by atoms with van der Waals surface area (Å²) in [6.07, 6.45) is 0.659. The number of fused-ring (bicyclic) bond motifs is 1. The zero-order valence-corrected chi connectivity index (χ0v) is 17.4. The van der Waals surface area contributed by atoms with Crippen LogP contribution >= 0.6 is 11.3 Å². The molecular weight excluding hydrogens is 364 g/mol. The van der Waals surface area contributed by atoms with E-state index in [1.165, 1.54) is 11.3 Å². The molecule has 2 N–H and O–H groups in total. The van der Waals surface area contributed by atoms with Gasteiger partial charge >= 0.3 is 6.09 Å². The molecule has 0 spiro atoms. The number of hydrogen-bond acceptors (Lipinski definition) is 8. The van der Waals surface area contributed by atoms with Crippen LogP contribution in [0.2, 0.25) is 0 Å². The van der Waals surface area contributed by atoms with Crippen LogP contribution in [0.5, 0.6) is 0 Å². The molecule has 2 aromatic heterocycles. The lowest BCUT2D eigenvalue weighted by molar-refractivity contribution is 0.0208. The SMILES string of the molecule is CC(C)C[C@H]1CN(C(=O)OC(C)(C)C)CCN1c1nc(N)nc2scnc12. The van der Waals surface area contributed by atoms with Gasteiger partial charge in [-0.3, -0.25) is 0 Å². The molecule has 1 fully saturated rings. The number of anilines is 2. The average molecular weight is 393 g/mol. The lowest BCUT2D eigenvalue weighted by Crippen LogP contribution is -2.56. The fourth-order valence-corrected chi connectivity index (χ4v) is 4.00. The van der Waals surface area contributed by atoms with Crippen molar-refractivity contribution in [1.82, 2.24) is 19.9 Å². The van der Waals surface area contributed by atoms with Crippen molar-refractivity contribution in [2.45, 2.75) is 52.7 Å². The van der Waals surface area contributed by atoms with E-state index < -0.39 is 5.60 Å². The van der Waals surface area contributed by atoms with Crippen LogP contribution < -0.4 is 10.6 Å². The lowest BCUT2D eigenvalue weighted by Gasteiger charge is -2.43. The summed E-state index contributed by atoms with van der Waals surface area (Å²) in [6, 6.07) is 0.116. The van der Waals surface area contributed by atoms with Gasteiger partial charge in [0.1, 0.15) is 11.1 Å². The summed E-state index contributed by atoms with van der Waals surface area (Å²) in [7, 11) is 0. The topological polar surface area (TPSA) is 97.5 Å². The summed E-state index contributed by atoms with van der Waals surface area (Å²) in [5.41, 5.74) is 7.96. The molecule has 1 aliphatic heterocycles. The highest BCUT2D eigenvalue weighted by molar-refractivity contribution is 7.16. The smallest absolute Gasteiger partial charge is 0.410 e. The quantitative estimate of drug-likeness (QED) is 0.857. The third-order valence-corrected chi connectivity index (χ3v) is 5.07. The Labute approximate surface area is 163 Å². The number of rotatable bonds is 3. The number of piperazine rings is 1. The van der Waals surface area contributed by atoms with Crippen molar-refractivity contribution >= 4 is 39.5 Å². The molecule has 1 atom stereocenters. The van der Waals surface area contributed by atoms with Crippen molar-refractivity contribution < 1.29 is 9.53 Å². The second kappa shape index (κ2) is 7.46. The van der Waals surface area contributed by atoms with E-state index in [1.807, 2.05) is 20.8 Å². The van der Waals surface area contributed by atoms with Crippen LogP contribution in [0.3, 0.4) is 0 Å². The molecule has 27 heavy (non-hydrogen) atoms. The predicted molar refractivity (Wildman–Crippen MR) is 108 cm³/mol. The molecule has 1 amide bonds. The second-order valence-electron chi connectivity index (χ2n) is 8.31. The maximum absolute atomic E-state index is 12.5. The highest BCUT2D eigenvalue weighted by Gasteiger charge is 2.34. The molecule has 0 unspecified atom stereocenters. The van der Waals surface area contributed by atoms with E-state index in [2.05, 4.69) is 33.7 Å². The number of nitrogens with zero attached hydrogens (tertiary/aromatic N) is 5. The summed E-state index contributed by atoms with van der Waals surface area (Å²) in [5.74, 6) is 1.48. The van der Waals surface area contributed by atoms with Gasteiger partial charge in [0, 0.05) is 25.7 Å². The number of aromatic nitrogens is 3. The summed E-state index contributed by atoms with van der Waals surface area (Å²) < 4.78 is 5.56. The molecule has 3 rings (SSSR count). The summed E-state index contributed by atoms with van der Waals surface area (Å²) in [4.78, 5) is 30.5. The van der Waals surface area contributed by atoms with Gasteiger partial charge in [0.15, 0.2) is 10.6 Å². The van der Waals surface area contributed by atoms with Gasteiger partial charge < -0.3 is 20.3 Å². The first-order valence-corrected chi connectivity index (χ1v) is 10.1. The average Bonchev–Trinajstić information content (AvgIpc) is 3.00. The number of ether oxygens (including phenoxy) is 1. The zero-order chi connectivity index (χ0) is 19.8. The van der Waals surface area contributed by atoms with Crippen molar-refractivity contribution in [1.29, 1.82) is 0 Å². The number of thiazole rings is 1. The summed E-state index contributed by atoms with van der Waals surface area (Å²) >= 11 is 1.45. The monoisotopic (exact) mass is 392 g/mol. The van der Waals surface area contributed by atoms with E-state index >= 15 is 0 Å². The molecule has 9 heteroatoms. The molecule has 0 aromatic carbocycles. The number of nitrogen functional groups attached to an aromatic ring is 1. The Bertz CT molecular complexity index is 816. The van der Waals surface area contributed by atoms with Gasteiger partial charge in [-0.1, -0.05) is 13.8 Å². The fraction of sp³-hybridized carbons (Fsp3) is 0.667. The van der Waals surface area contributed by atoms with Crippen LogP contribution in [0, 0.1) is 5.92 Å². The minimum atomic E-state index is -0.504. The molecule has 1 saturated heterocycles. The molecule has 148 valence electrons. The molecule has 0 radical (unpaired) electrons. The third kappa shape index (κ3) is 4.58. The van der Waals surface area contributed by atoms with Gasteiger partial charge in [0.05, 0.1) is 5.51 Å². The van der Waals surface area contributed by atoms with Crippen LogP contribution in [0.4, 0.5) is 16.6 Å². The van der Waals surface area contributed by atoms with Gasteiger partial charge in [-0.05, 0) is 33.1 Å². The zero-order valence-electron chi connectivity index (χ0n) is 16.6. The maximum Gasteiger partial charge on any atom is 0.410 e. The first kappa shape index (κ1) is 19.6. The molecule has 0 aliphatic carbocycles.